The van der Waals surface area contributed by atoms with Gasteiger partial charge in [0.25, 0.3) is 0 Å². The van der Waals surface area contributed by atoms with Crippen LogP contribution < -0.4 is 5.73 Å². The zero-order chi connectivity index (χ0) is 20.4. The Morgan fingerprint density at radius 3 is 2.68 bits per heavy atom. The molecule has 0 bridgehead atoms. The molecule has 3 N–H and O–H groups in total. The Kier molecular flexibility index (Phi) is 5.57. The van der Waals surface area contributed by atoms with E-state index in [0.29, 0.717) is 24.8 Å². The number of carbonyl (C=O) groups is 4. The van der Waals surface area contributed by atoms with E-state index >= 15 is 0 Å². The molecule has 0 unspecified atom stereocenters. The van der Waals surface area contributed by atoms with Crippen molar-refractivity contribution in [3.63, 3.8) is 0 Å². The van der Waals surface area contributed by atoms with E-state index in [1.54, 1.807) is 0 Å². The van der Waals surface area contributed by atoms with E-state index < -0.39 is 30.2 Å². The molecular formula is C18H22N2O8. The number of β-lactam (4-membered cyclic amide) rings is 1. The van der Waals surface area contributed by atoms with Crippen LogP contribution in [-0.4, -0.2) is 59.5 Å². The SMILES string of the molecule is C=CCOC(=O)OCC[C@@H]1C(=O)N2C(C(=O)O)=C3[C@@H](CCC[C@H]3OC(N)=O)[C@H]12. The molecule has 28 heavy (non-hydrogen) atoms. The number of aliphatic carboxylic acids is 1. The molecular weight excluding hydrogens is 372 g/mol. The fraction of sp³-hybridized carbons (Fsp3) is 0.556. The number of carboxylic acids is 1. The van der Waals surface area contributed by atoms with Crippen molar-refractivity contribution >= 4 is 24.1 Å². The summed E-state index contributed by atoms with van der Waals surface area (Å²) < 4.78 is 14.8. The molecule has 0 spiro atoms. The number of rotatable bonds is 7. The molecule has 0 aromatic carbocycles. The molecule has 1 aliphatic carbocycles. The van der Waals surface area contributed by atoms with E-state index in [4.69, 9.17) is 19.9 Å². The van der Waals surface area contributed by atoms with Gasteiger partial charge in [0.2, 0.25) is 5.91 Å². The molecule has 0 aromatic rings. The maximum absolute atomic E-state index is 12.6. The van der Waals surface area contributed by atoms with Gasteiger partial charge in [-0.3, -0.25) is 4.79 Å². The Bertz CT molecular complexity index is 746. The van der Waals surface area contributed by atoms with Crippen LogP contribution in [0.1, 0.15) is 25.7 Å². The van der Waals surface area contributed by atoms with Crippen LogP contribution in [0.15, 0.2) is 23.9 Å². The smallest absolute Gasteiger partial charge is 0.477 e. The zero-order valence-corrected chi connectivity index (χ0v) is 15.2. The van der Waals surface area contributed by atoms with Gasteiger partial charge in [-0.1, -0.05) is 12.7 Å². The van der Waals surface area contributed by atoms with E-state index in [1.165, 1.54) is 11.0 Å². The molecule has 10 nitrogen and oxygen atoms in total. The lowest BCUT2D eigenvalue weighted by Gasteiger charge is -2.46. The standard InChI is InChI=1S/C18H22N2O8/c1-2-7-26-18(25)27-8-6-10-13-9-4-3-5-11(28-17(19)24)12(9)14(16(22)23)20(13)15(10)21/h2,9-11,13H,1,3-8H2,(H2,19,24)(H,22,23)/t9-,10+,11-,13-/m1/s1. The second-order valence-corrected chi connectivity index (χ2v) is 6.86. The highest BCUT2D eigenvalue weighted by atomic mass is 16.7. The number of primary amides is 1. The summed E-state index contributed by atoms with van der Waals surface area (Å²) in [6.07, 6.45) is 0.934. The average Bonchev–Trinajstić information content (AvgIpc) is 2.95. The maximum Gasteiger partial charge on any atom is 0.508 e. The third kappa shape index (κ3) is 3.41. The highest BCUT2D eigenvalue weighted by Crippen LogP contribution is 2.52. The Labute approximate surface area is 160 Å². The highest BCUT2D eigenvalue weighted by Gasteiger charge is 2.61. The number of amides is 2. The molecule has 2 amide bonds. The zero-order valence-electron chi connectivity index (χ0n) is 15.2. The van der Waals surface area contributed by atoms with Crippen molar-refractivity contribution in [2.24, 2.45) is 17.6 Å². The predicted octanol–water partition coefficient (Wildman–Crippen LogP) is 1.16. The summed E-state index contributed by atoms with van der Waals surface area (Å²) in [6.45, 7) is 3.42. The Morgan fingerprint density at radius 1 is 1.29 bits per heavy atom. The van der Waals surface area contributed by atoms with Crippen molar-refractivity contribution in [2.75, 3.05) is 13.2 Å². The summed E-state index contributed by atoms with van der Waals surface area (Å²) in [4.78, 5) is 48.3. The van der Waals surface area contributed by atoms with Gasteiger partial charge in [0, 0.05) is 11.5 Å². The van der Waals surface area contributed by atoms with Gasteiger partial charge in [0.05, 0.1) is 18.6 Å². The van der Waals surface area contributed by atoms with Gasteiger partial charge in [-0.25, -0.2) is 14.4 Å². The maximum atomic E-state index is 12.6. The van der Waals surface area contributed by atoms with Crippen LogP contribution in [0, 0.1) is 11.8 Å². The topological polar surface area (TPSA) is 145 Å². The lowest BCUT2D eigenvalue weighted by Crippen LogP contribution is -2.61. The van der Waals surface area contributed by atoms with Gasteiger partial charge in [-0.05, 0) is 25.7 Å². The molecule has 1 saturated heterocycles. The largest absolute Gasteiger partial charge is 0.508 e. The minimum absolute atomic E-state index is 0.0240. The summed E-state index contributed by atoms with van der Waals surface area (Å²) in [5, 5.41) is 9.64. The lowest BCUT2D eigenvalue weighted by atomic mass is 9.72. The van der Waals surface area contributed by atoms with Crippen LogP contribution in [0.2, 0.25) is 0 Å². The quantitative estimate of drug-likeness (QED) is 0.372. The van der Waals surface area contributed by atoms with E-state index in [0.717, 1.165) is 0 Å². The van der Waals surface area contributed by atoms with Crippen LogP contribution in [0.3, 0.4) is 0 Å². The van der Waals surface area contributed by atoms with Gasteiger partial charge >= 0.3 is 18.2 Å². The van der Waals surface area contributed by atoms with Gasteiger partial charge < -0.3 is 30.0 Å². The first-order valence-electron chi connectivity index (χ1n) is 9.03. The van der Waals surface area contributed by atoms with Crippen molar-refractivity contribution in [3.05, 3.63) is 23.9 Å². The van der Waals surface area contributed by atoms with Crippen molar-refractivity contribution < 1.29 is 38.5 Å². The highest BCUT2D eigenvalue weighted by molar-refractivity contribution is 6.00. The molecule has 2 fully saturated rings. The summed E-state index contributed by atoms with van der Waals surface area (Å²) in [6, 6.07) is -0.347. The van der Waals surface area contributed by atoms with Gasteiger partial charge in [0.1, 0.15) is 18.4 Å². The summed E-state index contributed by atoms with van der Waals surface area (Å²) in [5.41, 5.74) is 5.45. The normalized spacial score (nSPS) is 28.0. The number of ether oxygens (including phenoxy) is 3. The van der Waals surface area contributed by atoms with Gasteiger partial charge in [0.15, 0.2) is 0 Å². The third-order valence-electron chi connectivity index (χ3n) is 5.35. The summed E-state index contributed by atoms with van der Waals surface area (Å²) >= 11 is 0. The molecule has 2 aliphatic heterocycles. The summed E-state index contributed by atoms with van der Waals surface area (Å²) in [5.74, 6) is -2.28. The molecule has 1 saturated carbocycles. The predicted molar refractivity (Wildman–Crippen MR) is 92.7 cm³/mol. The molecule has 4 atom stereocenters. The lowest BCUT2D eigenvalue weighted by molar-refractivity contribution is -0.158. The monoisotopic (exact) mass is 394 g/mol. The van der Waals surface area contributed by atoms with E-state index in [-0.39, 0.29) is 43.2 Å². The number of carbonyl (C=O) groups excluding carboxylic acids is 3. The van der Waals surface area contributed by atoms with Crippen molar-refractivity contribution in [1.82, 2.24) is 4.90 Å². The number of nitrogens with two attached hydrogens (primary N) is 1. The van der Waals surface area contributed by atoms with Crippen LogP contribution >= 0.6 is 0 Å². The van der Waals surface area contributed by atoms with Crippen LogP contribution in [0.4, 0.5) is 9.59 Å². The van der Waals surface area contributed by atoms with Crippen LogP contribution in [0.25, 0.3) is 0 Å². The molecule has 10 heteroatoms. The van der Waals surface area contributed by atoms with E-state index in [9.17, 15) is 24.3 Å². The van der Waals surface area contributed by atoms with Crippen LogP contribution in [0.5, 0.6) is 0 Å². The third-order valence-corrected chi connectivity index (χ3v) is 5.35. The Morgan fingerprint density at radius 2 is 2.04 bits per heavy atom. The summed E-state index contributed by atoms with van der Waals surface area (Å²) in [7, 11) is 0. The number of hydrogen-bond acceptors (Lipinski definition) is 7. The van der Waals surface area contributed by atoms with E-state index in [1.807, 2.05) is 0 Å². The minimum atomic E-state index is -1.24. The average molecular weight is 394 g/mol. The first-order chi connectivity index (χ1) is 13.4. The van der Waals surface area contributed by atoms with Crippen LogP contribution in [-0.2, 0) is 23.8 Å². The first-order valence-corrected chi connectivity index (χ1v) is 9.03. The molecule has 2 heterocycles. The number of carboxylic acid groups (broad SMARTS) is 1. The van der Waals surface area contributed by atoms with Crippen molar-refractivity contribution in [3.8, 4) is 0 Å². The van der Waals surface area contributed by atoms with Crippen molar-refractivity contribution in [1.29, 1.82) is 0 Å². The Balaban J connectivity index is 1.71. The van der Waals surface area contributed by atoms with Gasteiger partial charge in [-0.2, -0.15) is 0 Å². The molecule has 152 valence electrons. The fourth-order valence-corrected chi connectivity index (χ4v) is 4.41. The molecule has 3 aliphatic rings. The number of hydrogen-bond donors (Lipinski definition) is 2. The molecule has 0 aromatic heterocycles. The molecule has 0 radical (unpaired) electrons. The second kappa shape index (κ2) is 7.91. The second-order valence-electron chi connectivity index (χ2n) is 6.86. The fourth-order valence-electron chi connectivity index (χ4n) is 4.41. The van der Waals surface area contributed by atoms with E-state index in [2.05, 4.69) is 6.58 Å². The first kappa shape index (κ1) is 19.7. The number of fused-ring (bicyclic) bond motifs is 3. The van der Waals surface area contributed by atoms with Crippen molar-refractivity contribution in [2.45, 2.75) is 37.8 Å². The number of nitrogens with zero attached hydrogens (tertiary/aromatic N) is 1. The minimum Gasteiger partial charge on any atom is -0.477 e. The van der Waals surface area contributed by atoms with Gasteiger partial charge in [-0.15, -0.1) is 0 Å². The molecule has 3 rings (SSSR count). The Hall–Kier alpha value is -3.04.